The van der Waals surface area contributed by atoms with Gasteiger partial charge in [0.25, 0.3) is 0 Å². The summed E-state index contributed by atoms with van der Waals surface area (Å²) in [5, 5.41) is 3.65. The van der Waals surface area contributed by atoms with E-state index in [1.165, 1.54) is 6.92 Å². The fourth-order valence-electron chi connectivity index (χ4n) is 2.03. The summed E-state index contributed by atoms with van der Waals surface area (Å²) in [6, 6.07) is 5.35. The quantitative estimate of drug-likeness (QED) is 0.677. The van der Waals surface area contributed by atoms with Gasteiger partial charge in [-0.1, -0.05) is 12.1 Å². The predicted octanol–water partition coefficient (Wildman–Crippen LogP) is 1.68. The van der Waals surface area contributed by atoms with Gasteiger partial charge < -0.3 is 4.74 Å². The molecule has 0 aromatic heterocycles. The smallest absolute Gasteiger partial charge is 0.355 e. The third kappa shape index (κ3) is 3.58. The molecular weight excluding hydrogens is 284 g/mol. The molecule has 0 saturated heterocycles. The van der Waals surface area contributed by atoms with Crippen LogP contribution in [0.3, 0.4) is 0 Å². The first-order chi connectivity index (χ1) is 10.4. The van der Waals surface area contributed by atoms with Crippen molar-refractivity contribution in [2.45, 2.75) is 39.7 Å². The van der Waals surface area contributed by atoms with Crippen LogP contribution in [0.15, 0.2) is 23.3 Å². The van der Waals surface area contributed by atoms with E-state index in [0.717, 1.165) is 11.1 Å². The van der Waals surface area contributed by atoms with Crippen LogP contribution in [0.1, 0.15) is 41.3 Å². The molecule has 0 bridgehead atoms. The number of Topliss-reactive ketones (excluding diaryl/α,β-unsaturated/α-hetero) is 1. The molecule has 0 spiro atoms. The number of ether oxygens (including phenoxy) is 1. The van der Waals surface area contributed by atoms with E-state index in [1.54, 1.807) is 12.1 Å². The number of esters is 1. The summed E-state index contributed by atoms with van der Waals surface area (Å²) in [5.41, 5.74) is 4.95. The molecule has 0 saturated carbocycles. The molecule has 0 aliphatic carbocycles. The van der Waals surface area contributed by atoms with Gasteiger partial charge in [0.15, 0.2) is 6.10 Å². The summed E-state index contributed by atoms with van der Waals surface area (Å²) in [4.78, 5) is 35.2. The highest BCUT2D eigenvalue weighted by Gasteiger charge is 2.25. The van der Waals surface area contributed by atoms with Gasteiger partial charge in [0.05, 0.1) is 0 Å². The average molecular weight is 302 g/mol. The average Bonchev–Trinajstić information content (AvgIpc) is 2.49. The minimum Gasteiger partial charge on any atom is -0.450 e. The van der Waals surface area contributed by atoms with E-state index in [1.807, 2.05) is 19.9 Å². The standard InChI is InChI=1S/C16H18N2O4/c1-9-4-5-12(8-10(9)2)15(20)11(3)22-16(21)13-6-7-14(19)18-17-13/h4-5,8,11H,6-7H2,1-3H3,(H,18,19)/t11-/m1/s1. The van der Waals surface area contributed by atoms with Gasteiger partial charge in [0.2, 0.25) is 11.7 Å². The Morgan fingerprint density at radius 2 is 1.95 bits per heavy atom. The van der Waals surface area contributed by atoms with Crippen LogP contribution in [0.2, 0.25) is 0 Å². The number of carbonyl (C=O) groups excluding carboxylic acids is 3. The Kier molecular flexibility index (Phi) is 4.70. The van der Waals surface area contributed by atoms with Crippen LogP contribution in [0.5, 0.6) is 0 Å². The van der Waals surface area contributed by atoms with E-state index in [2.05, 4.69) is 10.5 Å². The highest BCUT2D eigenvalue weighted by molar-refractivity contribution is 6.37. The number of hydrogen-bond acceptors (Lipinski definition) is 5. The number of aryl methyl sites for hydroxylation is 2. The van der Waals surface area contributed by atoms with Crippen molar-refractivity contribution < 1.29 is 19.1 Å². The zero-order valence-corrected chi connectivity index (χ0v) is 12.8. The molecule has 6 heteroatoms. The van der Waals surface area contributed by atoms with E-state index in [-0.39, 0.29) is 30.2 Å². The number of ketones is 1. The van der Waals surface area contributed by atoms with Crippen molar-refractivity contribution in [2.75, 3.05) is 0 Å². The second kappa shape index (κ2) is 6.51. The molecule has 1 aromatic carbocycles. The Labute approximate surface area is 128 Å². The fraction of sp³-hybridized carbons (Fsp3) is 0.375. The highest BCUT2D eigenvalue weighted by atomic mass is 16.5. The summed E-state index contributed by atoms with van der Waals surface area (Å²) in [6.07, 6.45) is -0.502. The molecule has 2 rings (SSSR count). The molecule has 1 N–H and O–H groups in total. The highest BCUT2D eigenvalue weighted by Crippen LogP contribution is 2.13. The second-order valence-corrected chi connectivity index (χ2v) is 5.30. The van der Waals surface area contributed by atoms with Crippen molar-refractivity contribution in [2.24, 2.45) is 5.10 Å². The van der Waals surface area contributed by atoms with Gasteiger partial charge in [-0.25, -0.2) is 10.2 Å². The minimum atomic E-state index is -0.907. The fourth-order valence-corrected chi connectivity index (χ4v) is 2.03. The normalized spacial score (nSPS) is 15.6. The maximum absolute atomic E-state index is 12.3. The third-order valence-corrected chi connectivity index (χ3v) is 3.58. The van der Waals surface area contributed by atoms with Crippen molar-refractivity contribution in [3.63, 3.8) is 0 Å². The van der Waals surface area contributed by atoms with Crippen LogP contribution >= 0.6 is 0 Å². The lowest BCUT2D eigenvalue weighted by Gasteiger charge is -2.15. The van der Waals surface area contributed by atoms with Gasteiger partial charge in [0, 0.05) is 18.4 Å². The lowest BCUT2D eigenvalue weighted by molar-refractivity contribution is -0.138. The van der Waals surface area contributed by atoms with E-state index < -0.39 is 12.1 Å². The van der Waals surface area contributed by atoms with E-state index >= 15 is 0 Å². The van der Waals surface area contributed by atoms with Crippen LogP contribution in [-0.2, 0) is 14.3 Å². The number of benzene rings is 1. The Morgan fingerprint density at radius 1 is 1.23 bits per heavy atom. The predicted molar refractivity (Wildman–Crippen MR) is 80.6 cm³/mol. The third-order valence-electron chi connectivity index (χ3n) is 3.58. The first-order valence-electron chi connectivity index (χ1n) is 7.06. The van der Waals surface area contributed by atoms with Crippen molar-refractivity contribution in [1.82, 2.24) is 5.43 Å². The van der Waals surface area contributed by atoms with Crippen molar-refractivity contribution in [1.29, 1.82) is 0 Å². The van der Waals surface area contributed by atoms with Gasteiger partial charge in [-0.3, -0.25) is 9.59 Å². The summed E-state index contributed by atoms with van der Waals surface area (Å²) in [5.74, 6) is -1.18. The van der Waals surface area contributed by atoms with Gasteiger partial charge in [-0.05, 0) is 38.0 Å². The molecular formula is C16H18N2O4. The SMILES string of the molecule is Cc1ccc(C(=O)[C@@H](C)OC(=O)C2=NNC(=O)CC2)cc1C. The molecule has 0 unspecified atom stereocenters. The van der Waals surface area contributed by atoms with Crippen molar-refractivity contribution >= 4 is 23.4 Å². The molecule has 0 radical (unpaired) electrons. The summed E-state index contributed by atoms with van der Waals surface area (Å²) in [6.45, 7) is 5.40. The summed E-state index contributed by atoms with van der Waals surface area (Å²) >= 11 is 0. The monoisotopic (exact) mass is 302 g/mol. The minimum absolute atomic E-state index is 0.124. The lowest BCUT2D eigenvalue weighted by atomic mass is 10.0. The van der Waals surface area contributed by atoms with Crippen LogP contribution < -0.4 is 5.43 Å². The van der Waals surface area contributed by atoms with Crippen molar-refractivity contribution in [3.8, 4) is 0 Å². The molecule has 1 atom stereocenters. The molecule has 22 heavy (non-hydrogen) atoms. The first kappa shape index (κ1) is 15.9. The zero-order chi connectivity index (χ0) is 16.3. The van der Waals surface area contributed by atoms with E-state index in [9.17, 15) is 14.4 Å². The molecule has 1 aliphatic rings. The molecule has 116 valence electrons. The van der Waals surface area contributed by atoms with Gasteiger partial charge in [-0.2, -0.15) is 5.10 Å². The van der Waals surface area contributed by atoms with E-state index in [4.69, 9.17) is 4.74 Å². The molecule has 1 amide bonds. The Balaban J connectivity index is 2.03. The number of hydrazone groups is 1. The van der Waals surface area contributed by atoms with Crippen LogP contribution in [0.25, 0.3) is 0 Å². The molecule has 6 nitrogen and oxygen atoms in total. The maximum atomic E-state index is 12.3. The Morgan fingerprint density at radius 3 is 2.55 bits per heavy atom. The number of nitrogens with one attached hydrogen (secondary N) is 1. The number of carbonyl (C=O) groups is 3. The van der Waals surface area contributed by atoms with Crippen LogP contribution in [-0.4, -0.2) is 29.5 Å². The molecule has 0 fully saturated rings. The molecule has 1 aromatic rings. The summed E-state index contributed by atoms with van der Waals surface area (Å²) in [7, 11) is 0. The first-order valence-corrected chi connectivity index (χ1v) is 7.06. The summed E-state index contributed by atoms with van der Waals surface area (Å²) < 4.78 is 5.14. The van der Waals surface area contributed by atoms with Crippen LogP contribution in [0, 0.1) is 13.8 Å². The Hall–Kier alpha value is -2.50. The topological polar surface area (TPSA) is 84.8 Å². The number of rotatable bonds is 4. The number of nitrogens with zero attached hydrogens (tertiary/aromatic N) is 1. The number of hydrogen-bond donors (Lipinski definition) is 1. The Bertz CT molecular complexity index is 664. The van der Waals surface area contributed by atoms with E-state index in [0.29, 0.717) is 5.56 Å². The number of amides is 1. The van der Waals surface area contributed by atoms with Crippen LogP contribution in [0.4, 0.5) is 0 Å². The zero-order valence-electron chi connectivity index (χ0n) is 12.8. The molecule has 1 heterocycles. The maximum Gasteiger partial charge on any atom is 0.355 e. The van der Waals surface area contributed by atoms with Gasteiger partial charge >= 0.3 is 5.97 Å². The van der Waals surface area contributed by atoms with Gasteiger partial charge in [-0.15, -0.1) is 0 Å². The molecule has 1 aliphatic heterocycles. The lowest BCUT2D eigenvalue weighted by Crippen LogP contribution is -2.34. The largest absolute Gasteiger partial charge is 0.450 e. The van der Waals surface area contributed by atoms with Crippen molar-refractivity contribution in [3.05, 3.63) is 34.9 Å². The van der Waals surface area contributed by atoms with Gasteiger partial charge in [0.1, 0.15) is 5.71 Å². The second-order valence-electron chi connectivity index (χ2n) is 5.30.